The van der Waals surface area contributed by atoms with Crippen molar-refractivity contribution in [1.29, 1.82) is 0 Å². The number of aliphatic hydroxyl groups excluding tert-OH is 1. The number of nitrogens with zero attached hydrogens (tertiary/aromatic N) is 1. The second kappa shape index (κ2) is 9.50. The van der Waals surface area contributed by atoms with Gasteiger partial charge in [-0.25, -0.2) is 0 Å². The smallest absolute Gasteiger partial charge is 0.239 e. The molecule has 1 aromatic rings. The van der Waals surface area contributed by atoms with E-state index >= 15 is 0 Å². The summed E-state index contributed by atoms with van der Waals surface area (Å²) >= 11 is 0. The number of rotatable bonds is 9. The molecule has 0 aliphatic rings. The summed E-state index contributed by atoms with van der Waals surface area (Å²) in [5.41, 5.74) is 6.83. The molecule has 0 spiro atoms. The molecule has 1 amide bonds. The molecule has 5 heteroatoms. The summed E-state index contributed by atoms with van der Waals surface area (Å²) in [6.45, 7) is 2.85. The van der Waals surface area contributed by atoms with Crippen molar-refractivity contribution in [3.05, 3.63) is 35.9 Å². The molecule has 3 N–H and O–H groups in total. The van der Waals surface area contributed by atoms with Crippen molar-refractivity contribution in [3.63, 3.8) is 0 Å². The molecule has 0 aliphatic heterocycles. The van der Waals surface area contributed by atoms with E-state index in [0.717, 1.165) is 12.0 Å². The average molecular weight is 294 g/mol. The van der Waals surface area contributed by atoms with Crippen molar-refractivity contribution in [2.24, 2.45) is 5.73 Å². The van der Waals surface area contributed by atoms with Crippen molar-refractivity contribution in [1.82, 2.24) is 4.90 Å². The van der Waals surface area contributed by atoms with Gasteiger partial charge in [0.05, 0.1) is 25.4 Å². The van der Waals surface area contributed by atoms with Crippen molar-refractivity contribution >= 4 is 5.91 Å². The highest BCUT2D eigenvalue weighted by Crippen LogP contribution is 2.03. The number of aliphatic hydroxyl groups is 1. The number of carbonyl (C=O) groups is 1. The Morgan fingerprint density at radius 3 is 2.67 bits per heavy atom. The van der Waals surface area contributed by atoms with Gasteiger partial charge in [0.1, 0.15) is 0 Å². The van der Waals surface area contributed by atoms with Crippen LogP contribution in [0.1, 0.15) is 25.3 Å². The second-order valence-corrected chi connectivity index (χ2v) is 5.27. The molecular formula is C16H26N2O3. The molecule has 0 saturated heterocycles. The first-order chi connectivity index (χ1) is 10.0. The fourth-order valence-electron chi connectivity index (χ4n) is 2.06. The topological polar surface area (TPSA) is 75.8 Å². The average Bonchev–Trinajstić information content (AvgIpc) is 2.47. The number of benzene rings is 1. The Morgan fingerprint density at radius 2 is 2.05 bits per heavy atom. The van der Waals surface area contributed by atoms with Crippen LogP contribution in [0.5, 0.6) is 0 Å². The zero-order valence-electron chi connectivity index (χ0n) is 12.9. The molecule has 0 aromatic heterocycles. The lowest BCUT2D eigenvalue weighted by molar-refractivity contribution is -0.133. The largest absolute Gasteiger partial charge is 0.389 e. The molecule has 118 valence electrons. The number of likely N-dealkylation sites (N-methyl/N-ethyl adjacent to an activating group) is 1. The van der Waals surface area contributed by atoms with Gasteiger partial charge < -0.3 is 20.5 Å². The van der Waals surface area contributed by atoms with E-state index in [2.05, 4.69) is 0 Å². The van der Waals surface area contributed by atoms with Gasteiger partial charge in [0.25, 0.3) is 0 Å². The summed E-state index contributed by atoms with van der Waals surface area (Å²) in [5, 5.41) is 9.90. The summed E-state index contributed by atoms with van der Waals surface area (Å²) in [7, 11) is 1.65. The molecule has 0 saturated carbocycles. The van der Waals surface area contributed by atoms with E-state index in [-0.39, 0.29) is 19.1 Å². The Bertz CT molecular complexity index is 411. The number of nitrogens with two attached hydrogens (primary N) is 1. The maximum absolute atomic E-state index is 11.9. The number of ether oxygens (including phenoxy) is 1. The molecule has 0 heterocycles. The fraction of sp³-hybridized carbons (Fsp3) is 0.562. The minimum atomic E-state index is -0.712. The lowest BCUT2D eigenvalue weighted by Gasteiger charge is -2.23. The lowest BCUT2D eigenvalue weighted by Crippen LogP contribution is -2.45. The van der Waals surface area contributed by atoms with Crippen LogP contribution in [0.2, 0.25) is 0 Å². The first-order valence-electron chi connectivity index (χ1n) is 7.34. The number of amides is 1. The molecule has 1 aromatic carbocycles. The highest BCUT2D eigenvalue weighted by atomic mass is 16.5. The molecule has 2 unspecified atom stereocenters. The van der Waals surface area contributed by atoms with Gasteiger partial charge in [-0.3, -0.25) is 4.79 Å². The third kappa shape index (κ3) is 6.71. The molecule has 5 nitrogen and oxygen atoms in total. The molecule has 0 bridgehead atoms. The van der Waals surface area contributed by atoms with Gasteiger partial charge in [0.2, 0.25) is 5.91 Å². The fourth-order valence-corrected chi connectivity index (χ4v) is 2.06. The zero-order valence-corrected chi connectivity index (χ0v) is 12.9. The summed E-state index contributed by atoms with van der Waals surface area (Å²) in [4.78, 5) is 13.4. The van der Waals surface area contributed by atoms with Crippen molar-refractivity contribution in [2.75, 3.05) is 20.2 Å². The maximum Gasteiger partial charge on any atom is 0.239 e. The summed E-state index contributed by atoms with van der Waals surface area (Å²) in [6.07, 6.45) is 0.810. The van der Waals surface area contributed by atoms with Gasteiger partial charge in [0.15, 0.2) is 0 Å². The van der Waals surface area contributed by atoms with E-state index in [1.807, 2.05) is 37.3 Å². The number of carbonyl (C=O) groups excluding carboxylic acids is 1. The quantitative estimate of drug-likeness (QED) is 0.716. The van der Waals surface area contributed by atoms with Crippen LogP contribution in [-0.4, -0.2) is 48.3 Å². The van der Waals surface area contributed by atoms with E-state index in [1.54, 1.807) is 7.05 Å². The third-order valence-electron chi connectivity index (χ3n) is 3.20. The predicted molar refractivity (Wildman–Crippen MR) is 82.6 cm³/mol. The van der Waals surface area contributed by atoms with Gasteiger partial charge in [-0.05, 0) is 12.0 Å². The van der Waals surface area contributed by atoms with Crippen LogP contribution in [0, 0.1) is 0 Å². The summed E-state index contributed by atoms with van der Waals surface area (Å²) in [5.74, 6) is -0.140. The zero-order chi connectivity index (χ0) is 15.7. The maximum atomic E-state index is 11.9. The Hall–Kier alpha value is -1.43. The Labute approximate surface area is 126 Å². The van der Waals surface area contributed by atoms with Crippen LogP contribution in [0.4, 0.5) is 0 Å². The standard InChI is InChI=1S/C16H26N2O3/c1-3-7-15(17)16(20)18(2)10-14(19)12-21-11-13-8-5-4-6-9-13/h4-6,8-9,14-15,19H,3,7,10-12,17H2,1-2H3. The van der Waals surface area contributed by atoms with Crippen LogP contribution in [-0.2, 0) is 16.1 Å². The second-order valence-electron chi connectivity index (χ2n) is 5.27. The Balaban J connectivity index is 2.26. The van der Waals surface area contributed by atoms with E-state index in [0.29, 0.717) is 13.0 Å². The van der Waals surface area contributed by atoms with Gasteiger partial charge >= 0.3 is 0 Å². The monoisotopic (exact) mass is 294 g/mol. The third-order valence-corrected chi connectivity index (χ3v) is 3.20. The first kappa shape index (κ1) is 17.6. The van der Waals surface area contributed by atoms with Crippen LogP contribution < -0.4 is 5.73 Å². The van der Waals surface area contributed by atoms with Gasteiger partial charge in [-0.1, -0.05) is 43.7 Å². The molecular weight excluding hydrogens is 268 g/mol. The van der Waals surface area contributed by atoms with Crippen LogP contribution in [0.25, 0.3) is 0 Å². The van der Waals surface area contributed by atoms with Crippen molar-refractivity contribution in [3.8, 4) is 0 Å². The van der Waals surface area contributed by atoms with Crippen molar-refractivity contribution in [2.45, 2.75) is 38.5 Å². The van der Waals surface area contributed by atoms with E-state index in [1.165, 1.54) is 4.90 Å². The Kier molecular flexibility index (Phi) is 7.97. The minimum Gasteiger partial charge on any atom is -0.389 e. The minimum absolute atomic E-state index is 0.140. The van der Waals surface area contributed by atoms with Gasteiger partial charge in [-0.2, -0.15) is 0 Å². The number of hydrogen-bond acceptors (Lipinski definition) is 4. The van der Waals surface area contributed by atoms with Crippen molar-refractivity contribution < 1.29 is 14.6 Å². The van der Waals surface area contributed by atoms with Crippen LogP contribution in [0.15, 0.2) is 30.3 Å². The summed E-state index contributed by atoms with van der Waals surface area (Å²) < 4.78 is 5.45. The van der Waals surface area contributed by atoms with Crippen LogP contribution in [0.3, 0.4) is 0 Å². The highest BCUT2D eigenvalue weighted by Gasteiger charge is 2.19. The van der Waals surface area contributed by atoms with Gasteiger partial charge in [-0.15, -0.1) is 0 Å². The Morgan fingerprint density at radius 1 is 1.38 bits per heavy atom. The summed E-state index contributed by atoms with van der Waals surface area (Å²) in [6, 6.07) is 9.26. The molecule has 0 radical (unpaired) electrons. The molecule has 21 heavy (non-hydrogen) atoms. The van der Waals surface area contributed by atoms with E-state index < -0.39 is 12.1 Å². The predicted octanol–water partition coefficient (Wildman–Crippen LogP) is 1.15. The van der Waals surface area contributed by atoms with E-state index in [4.69, 9.17) is 10.5 Å². The number of hydrogen-bond donors (Lipinski definition) is 2. The molecule has 0 aliphatic carbocycles. The lowest BCUT2D eigenvalue weighted by atomic mass is 10.1. The highest BCUT2D eigenvalue weighted by molar-refractivity contribution is 5.81. The molecule has 0 fully saturated rings. The first-order valence-corrected chi connectivity index (χ1v) is 7.34. The van der Waals surface area contributed by atoms with Gasteiger partial charge in [0, 0.05) is 13.6 Å². The molecule has 2 atom stereocenters. The van der Waals surface area contributed by atoms with E-state index in [9.17, 15) is 9.90 Å². The molecule has 1 rings (SSSR count). The van der Waals surface area contributed by atoms with Crippen LogP contribution >= 0.6 is 0 Å². The normalized spacial score (nSPS) is 13.7. The SMILES string of the molecule is CCCC(N)C(=O)N(C)CC(O)COCc1ccccc1.